The van der Waals surface area contributed by atoms with Gasteiger partial charge in [-0.15, -0.1) is 0 Å². The predicted octanol–water partition coefficient (Wildman–Crippen LogP) is 1.95. The molecular weight excluding hydrogens is 318 g/mol. The molecule has 0 saturated heterocycles. The van der Waals surface area contributed by atoms with Crippen molar-refractivity contribution >= 4 is 27.4 Å². The molecule has 21 heavy (non-hydrogen) atoms. The minimum absolute atomic E-state index is 0.0412. The zero-order valence-electron chi connectivity index (χ0n) is 11.2. The zero-order valence-corrected chi connectivity index (χ0v) is 12.8. The molecule has 9 heteroatoms. The molecule has 1 aromatic carbocycles. The van der Waals surface area contributed by atoms with Crippen LogP contribution in [0, 0.1) is 0 Å². The lowest BCUT2D eigenvalue weighted by Gasteiger charge is -2.12. The topological polar surface area (TPSA) is 90.4 Å². The molecular formula is C12H12ClN3O4S. The molecule has 2 aromatic rings. The van der Waals surface area contributed by atoms with Gasteiger partial charge in [-0.2, -0.15) is 4.98 Å². The highest BCUT2D eigenvalue weighted by atomic mass is 35.5. The first-order valence-electron chi connectivity index (χ1n) is 5.69. The number of hydrogen-bond donors (Lipinski definition) is 1. The normalized spacial score (nSPS) is 11.0. The number of rotatable bonds is 5. The fourth-order valence-corrected chi connectivity index (χ4v) is 2.88. The smallest absolute Gasteiger partial charge is 0.266 e. The Morgan fingerprint density at radius 3 is 2.57 bits per heavy atom. The van der Waals surface area contributed by atoms with Gasteiger partial charge < -0.3 is 9.47 Å². The van der Waals surface area contributed by atoms with Gasteiger partial charge in [-0.1, -0.05) is 0 Å². The summed E-state index contributed by atoms with van der Waals surface area (Å²) in [7, 11) is -1.03. The molecule has 0 unspecified atom stereocenters. The molecule has 0 radical (unpaired) electrons. The molecule has 0 aliphatic rings. The van der Waals surface area contributed by atoms with Gasteiger partial charge in [-0.3, -0.25) is 4.72 Å². The number of ether oxygens (including phenoxy) is 2. The number of nitrogens with one attached hydrogen (secondary N) is 1. The Balaban J connectivity index is 2.40. The summed E-state index contributed by atoms with van der Waals surface area (Å²) in [5.74, 6) is 0.700. The zero-order chi connectivity index (χ0) is 15.5. The summed E-state index contributed by atoms with van der Waals surface area (Å²) in [5.41, 5.74) is 0. The molecule has 0 saturated carbocycles. The summed E-state index contributed by atoms with van der Waals surface area (Å²) >= 11 is 5.62. The summed E-state index contributed by atoms with van der Waals surface area (Å²) in [6.07, 6.45) is 1.35. The number of hydrogen-bond acceptors (Lipinski definition) is 6. The van der Waals surface area contributed by atoms with E-state index in [4.69, 9.17) is 21.1 Å². The maximum Gasteiger partial charge on any atom is 0.266 e. The van der Waals surface area contributed by atoms with Crippen LogP contribution in [0.3, 0.4) is 0 Å². The average Bonchev–Trinajstić information content (AvgIpc) is 2.46. The Labute approximate surface area is 126 Å². The van der Waals surface area contributed by atoms with E-state index in [-0.39, 0.29) is 21.7 Å². The molecule has 0 aliphatic heterocycles. The molecule has 0 atom stereocenters. The van der Waals surface area contributed by atoms with Crippen molar-refractivity contribution in [3.63, 3.8) is 0 Å². The third-order valence-electron chi connectivity index (χ3n) is 2.53. The van der Waals surface area contributed by atoms with Crippen LogP contribution in [0.5, 0.6) is 11.5 Å². The lowest BCUT2D eigenvalue weighted by atomic mass is 10.3. The Kier molecular flexibility index (Phi) is 4.49. The minimum Gasteiger partial charge on any atom is -0.497 e. The molecule has 1 heterocycles. The third kappa shape index (κ3) is 3.53. The quantitative estimate of drug-likeness (QED) is 0.843. The summed E-state index contributed by atoms with van der Waals surface area (Å²) in [5, 5.41) is -0.0584. The van der Waals surface area contributed by atoms with Crippen LogP contribution in [-0.4, -0.2) is 32.6 Å². The van der Waals surface area contributed by atoms with Crippen molar-refractivity contribution < 1.29 is 17.9 Å². The minimum atomic E-state index is -3.88. The Morgan fingerprint density at radius 2 is 1.95 bits per heavy atom. The number of anilines is 1. The van der Waals surface area contributed by atoms with E-state index in [1.807, 2.05) is 0 Å². The summed E-state index contributed by atoms with van der Waals surface area (Å²) in [4.78, 5) is 7.41. The van der Waals surface area contributed by atoms with E-state index in [0.29, 0.717) is 5.75 Å². The Hall–Kier alpha value is -2.06. The van der Waals surface area contributed by atoms with Crippen LogP contribution in [0.2, 0.25) is 5.28 Å². The summed E-state index contributed by atoms with van der Waals surface area (Å²) in [6.45, 7) is 0. The number of aromatic nitrogens is 2. The lowest BCUT2D eigenvalue weighted by Crippen LogP contribution is -2.15. The standard InChI is InChI=1S/C12H12ClN3O4S/c1-19-8-3-4-10(9(7-8)20-2)21(17,18)16-11-5-6-14-12(13)15-11/h3-7H,1-2H3,(H,14,15,16). The summed E-state index contributed by atoms with van der Waals surface area (Å²) in [6, 6.07) is 5.76. The third-order valence-corrected chi connectivity index (χ3v) is 4.10. The SMILES string of the molecule is COc1ccc(S(=O)(=O)Nc2ccnc(Cl)n2)c(OC)c1. The molecule has 0 aliphatic carbocycles. The lowest BCUT2D eigenvalue weighted by molar-refractivity contribution is 0.386. The van der Waals surface area contributed by atoms with Gasteiger partial charge in [0.2, 0.25) is 5.28 Å². The van der Waals surface area contributed by atoms with Crippen molar-refractivity contribution in [3.8, 4) is 11.5 Å². The van der Waals surface area contributed by atoms with Crippen LogP contribution in [0.1, 0.15) is 0 Å². The van der Waals surface area contributed by atoms with Crippen molar-refractivity contribution in [1.29, 1.82) is 0 Å². The Morgan fingerprint density at radius 1 is 1.19 bits per heavy atom. The number of halogens is 1. The van der Waals surface area contributed by atoms with E-state index in [1.165, 1.54) is 44.7 Å². The van der Waals surface area contributed by atoms with E-state index < -0.39 is 10.0 Å². The number of nitrogens with zero attached hydrogens (tertiary/aromatic N) is 2. The van der Waals surface area contributed by atoms with Gasteiger partial charge in [0.15, 0.2) is 0 Å². The number of sulfonamides is 1. The highest BCUT2D eigenvalue weighted by Crippen LogP contribution is 2.29. The number of methoxy groups -OCH3 is 2. The van der Waals surface area contributed by atoms with Crippen LogP contribution < -0.4 is 14.2 Å². The second kappa shape index (κ2) is 6.15. The van der Waals surface area contributed by atoms with Gasteiger partial charge in [0, 0.05) is 12.3 Å². The van der Waals surface area contributed by atoms with Gasteiger partial charge >= 0.3 is 0 Å². The molecule has 7 nitrogen and oxygen atoms in total. The van der Waals surface area contributed by atoms with Crippen LogP contribution in [0.25, 0.3) is 0 Å². The van der Waals surface area contributed by atoms with E-state index >= 15 is 0 Å². The van der Waals surface area contributed by atoms with Gasteiger partial charge in [-0.05, 0) is 29.8 Å². The molecule has 0 fully saturated rings. The molecule has 0 amide bonds. The summed E-state index contributed by atoms with van der Waals surface area (Å²) < 4.78 is 37.1. The van der Waals surface area contributed by atoms with Gasteiger partial charge in [-0.25, -0.2) is 13.4 Å². The van der Waals surface area contributed by atoms with Crippen molar-refractivity contribution in [2.45, 2.75) is 4.90 Å². The fourth-order valence-electron chi connectivity index (χ4n) is 1.58. The highest BCUT2D eigenvalue weighted by molar-refractivity contribution is 7.92. The van der Waals surface area contributed by atoms with Crippen LogP contribution in [-0.2, 0) is 10.0 Å². The molecule has 0 bridgehead atoms. The van der Waals surface area contributed by atoms with Crippen molar-refractivity contribution in [3.05, 3.63) is 35.7 Å². The molecule has 2 rings (SSSR count). The number of benzene rings is 1. The maximum absolute atomic E-state index is 12.4. The van der Waals surface area contributed by atoms with E-state index in [2.05, 4.69) is 14.7 Å². The highest BCUT2D eigenvalue weighted by Gasteiger charge is 2.21. The van der Waals surface area contributed by atoms with Crippen molar-refractivity contribution in [2.24, 2.45) is 0 Å². The fraction of sp³-hybridized carbons (Fsp3) is 0.167. The first kappa shape index (κ1) is 15.3. The van der Waals surface area contributed by atoms with Gasteiger partial charge in [0.05, 0.1) is 14.2 Å². The monoisotopic (exact) mass is 329 g/mol. The second-order valence-electron chi connectivity index (χ2n) is 3.83. The molecule has 112 valence electrons. The first-order chi connectivity index (χ1) is 9.96. The van der Waals surface area contributed by atoms with Crippen LogP contribution >= 0.6 is 11.6 Å². The van der Waals surface area contributed by atoms with E-state index in [0.717, 1.165) is 0 Å². The van der Waals surface area contributed by atoms with Crippen molar-refractivity contribution in [1.82, 2.24) is 9.97 Å². The second-order valence-corrected chi connectivity index (χ2v) is 5.82. The average molecular weight is 330 g/mol. The van der Waals surface area contributed by atoms with Gasteiger partial charge in [0.25, 0.3) is 10.0 Å². The van der Waals surface area contributed by atoms with Gasteiger partial charge in [0.1, 0.15) is 22.2 Å². The Bertz CT molecular complexity index is 752. The van der Waals surface area contributed by atoms with Crippen LogP contribution in [0.4, 0.5) is 5.82 Å². The first-order valence-corrected chi connectivity index (χ1v) is 7.56. The largest absolute Gasteiger partial charge is 0.497 e. The van der Waals surface area contributed by atoms with Crippen LogP contribution in [0.15, 0.2) is 35.4 Å². The maximum atomic E-state index is 12.4. The molecule has 0 spiro atoms. The molecule has 1 N–H and O–H groups in total. The van der Waals surface area contributed by atoms with Crippen molar-refractivity contribution in [2.75, 3.05) is 18.9 Å². The van der Waals surface area contributed by atoms with E-state index in [9.17, 15) is 8.42 Å². The van der Waals surface area contributed by atoms with E-state index in [1.54, 1.807) is 0 Å². The predicted molar refractivity (Wildman–Crippen MR) is 77.4 cm³/mol. The molecule has 1 aromatic heterocycles.